The number of benzene rings is 2. The maximum Gasteiger partial charge on any atom is 0.251 e. The molecule has 2 aromatic carbocycles. The number of hydrogen-bond acceptors (Lipinski definition) is 5. The summed E-state index contributed by atoms with van der Waals surface area (Å²) in [5.74, 6) is -0.839. The summed E-state index contributed by atoms with van der Waals surface area (Å²) in [6, 6.07) is 8.98. The third-order valence-electron chi connectivity index (χ3n) is 3.52. The van der Waals surface area contributed by atoms with Crippen LogP contribution in [-0.4, -0.2) is 31.6 Å². The zero-order valence-electron chi connectivity index (χ0n) is 15.2. The van der Waals surface area contributed by atoms with Gasteiger partial charge in [-0.3, -0.25) is 9.59 Å². The molecule has 0 spiro atoms. The Labute approximate surface area is 156 Å². The van der Waals surface area contributed by atoms with Crippen LogP contribution in [0.2, 0.25) is 0 Å². The van der Waals surface area contributed by atoms with Crippen LogP contribution >= 0.6 is 0 Å². The minimum Gasteiger partial charge on any atom is -0.494 e. The second-order valence-corrected chi connectivity index (χ2v) is 5.48. The average molecular weight is 375 g/mol. The Balaban J connectivity index is 2.03. The Morgan fingerprint density at radius 2 is 1.81 bits per heavy atom. The van der Waals surface area contributed by atoms with E-state index >= 15 is 0 Å². The first-order valence-corrected chi connectivity index (χ1v) is 8.47. The Morgan fingerprint density at radius 3 is 2.44 bits per heavy atom. The molecule has 0 saturated carbocycles. The van der Waals surface area contributed by atoms with Crippen LogP contribution in [0.5, 0.6) is 11.5 Å². The van der Waals surface area contributed by atoms with Gasteiger partial charge in [-0.25, -0.2) is 4.39 Å². The molecule has 4 N–H and O–H groups in total. The summed E-state index contributed by atoms with van der Waals surface area (Å²) in [7, 11) is 0. The van der Waals surface area contributed by atoms with Crippen LogP contribution < -0.4 is 25.8 Å². The number of nitrogens with one attached hydrogen (secondary N) is 2. The molecule has 2 amide bonds. The molecule has 0 aromatic heterocycles. The fourth-order valence-electron chi connectivity index (χ4n) is 2.35. The summed E-state index contributed by atoms with van der Waals surface area (Å²) in [6.45, 7) is 4.53. The molecule has 0 saturated heterocycles. The monoisotopic (exact) mass is 375 g/mol. The maximum atomic E-state index is 13.8. The molecule has 144 valence electrons. The Hall–Kier alpha value is -3.29. The van der Waals surface area contributed by atoms with Crippen molar-refractivity contribution in [2.45, 2.75) is 13.8 Å². The Morgan fingerprint density at radius 1 is 1.07 bits per heavy atom. The van der Waals surface area contributed by atoms with Crippen LogP contribution in [-0.2, 0) is 4.79 Å². The van der Waals surface area contributed by atoms with E-state index in [0.717, 1.165) is 6.07 Å². The quantitative estimate of drug-likeness (QED) is 0.625. The summed E-state index contributed by atoms with van der Waals surface area (Å²) in [5.41, 5.74) is 5.68. The third-order valence-corrected chi connectivity index (χ3v) is 3.52. The lowest BCUT2D eigenvalue weighted by Crippen LogP contribution is -2.22. The molecule has 2 rings (SSSR count). The standard InChI is InChI=1S/C19H22FN3O4/c1-3-26-13-6-8-17(27-4-2)16(10-13)23-18(24)11-22-12-5-7-14(19(21)25)15(20)9-12/h5-10,22H,3-4,11H2,1-2H3,(H2,21,25)(H,23,24). The highest BCUT2D eigenvalue weighted by Crippen LogP contribution is 2.29. The molecular formula is C19H22FN3O4. The second-order valence-electron chi connectivity index (χ2n) is 5.48. The SMILES string of the molecule is CCOc1ccc(OCC)c(NC(=O)CNc2ccc(C(N)=O)c(F)c2)c1. The molecule has 7 nitrogen and oxygen atoms in total. The highest BCUT2D eigenvalue weighted by atomic mass is 19.1. The molecule has 0 aliphatic heterocycles. The topological polar surface area (TPSA) is 103 Å². The molecule has 0 atom stereocenters. The van der Waals surface area contributed by atoms with Crippen molar-refractivity contribution in [1.29, 1.82) is 0 Å². The summed E-state index contributed by atoms with van der Waals surface area (Å²) in [4.78, 5) is 23.3. The lowest BCUT2D eigenvalue weighted by molar-refractivity contribution is -0.114. The van der Waals surface area contributed by atoms with Gasteiger partial charge in [-0.2, -0.15) is 0 Å². The first-order chi connectivity index (χ1) is 12.9. The predicted molar refractivity (Wildman–Crippen MR) is 101 cm³/mol. The lowest BCUT2D eigenvalue weighted by atomic mass is 10.2. The minimum absolute atomic E-state index is 0.111. The number of nitrogens with two attached hydrogens (primary N) is 1. The number of anilines is 2. The Kier molecular flexibility index (Phi) is 6.99. The summed E-state index contributed by atoms with van der Waals surface area (Å²) < 4.78 is 24.7. The highest BCUT2D eigenvalue weighted by Gasteiger charge is 2.12. The van der Waals surface area contributed by atoms with E-state index in [9.17, 15) is 14.0 Å². The number of halogens is 1. The molecule has 0 bridgehead atoms. The van der Waals surface area contributed by atoms with Gasteiger partial charge in [0, 0.05) is 11.8 Å². The van der Waals surface area contributed by atoms with E-state index in [1.807, 2.05) is 13.8 Å². The van der Waals surface area contributed by atoms with Crippen LogP contribution in [0.3, 0.4) is 0 Å². The van der Waals surface area contributed by atoms with Gasteiger partial charge in [0.05, 0.1) is 31.0 Å². The van der Waals surface area contributed by atoms with Crippen molar-refractivity contribution in [3.8, 4) is 11.5 Å². The first-order valence-electron chi connectivity index (χ1n) is 8.47. The van der Waals surface area contributed by atoms with Gasteiger partial charge in [0.25, 0.3) is 5.91 Å². The van der Waals surface area contributed by atoms with E-state index in [-0.39, 0.29) is 18.0 Å². The number of rotatable bonds is 9. The molecule has 0 heterocycles. The maximum absolute atomic E-state index is 13.8. The molecule has 0 fully saturated rings. The normalized spacial score (nSPS) is 10.2. The van der Waals surface area contributed by atoms with E-state index in [2.05, 4.69) is 10.6 Å². The second kappa shape index (κ2) is 9.42. The van der Waals surface area contributed by atoms with E-state index in [0.29, 0.717) is 36.1 Å². The van der Waals surface area contributed by atoms with Gasteiger partial charge in [-0.05, 0) is 44.2 Å². The van der Waals surface area contributed by atoms with E-state index < -0.39 is 11.7 Å². The van der Waals surface area contributed by atoms with E-state index in [1.165, 1.54) is 12.1 Å². The number of primary amides is 1. The first kappa shape index (κ1) is 20.0. The number of ether oxygens (including phenoxy) is 2. The van der Waals surface area contributed by atoms with Gasteiger partial charge in [0.1, 0.15) is 17.3 Å². The fourth-order valence-corrected chi connectivity index (χ4v) is 2.35. The van der Waals surface area contributed by atoms with Gasteiger partial charge in [-0.1, -0.05) is 0 Å². The fraction of sp³-hybridized carbons (Fsp3) is 0.263. The van der Waals surface area contributed by atoms with Gasteiger partial charge < -0.3 is 25.8 Å². The van der Waals surface area contributed by atoms with Crippen LogP contribution in [0.15, 0.2) is 36.4 Å². The largest absolute Gasteiger partial charge is 0.494 e. The Bertz CT molecular complexity index is 827. The van der Waals surface area contributed by atoms with Crippen molar-refractivity contribution in [2.75, 3.05) is 30.4 Å². The molecule has 0 aliphatic rings. The van der Waals surface area contributed by atoms with Crippen LogP contribution in [0.25, 0.3) is 0 Å². The summed E-state index contributed by atoms with van der Waals surface area (Å²) >= 11 is 0. The number of carbonyl (C=O) groups is 2. The lowest BCUT2D eigenvalue weighted by Gasteiger charge is -2.14. The molecule has 8 heteroatoms. The van der Waals surface area contributed by atoms with Crippen molar-refractivity contribution in [1.82, 2.24) is 0 Å². The van der Waals surface area contributed by atoms with Crippen molar-refractivity contribution in [2.24, 2.45) is 5.73 Å². The van der Waals surface area contributed by atoms with Crippen LogP contribution in [0, 0.1) is 5.82 Å². The zero-order valence-corrected chi connectivity index (χ0v) is 15.2. The average Bonchev–Trinajstić information content (AvgIpc) is 2.62. The van der Waals surface area contributed by atoms with Crippen LogP contribution in [0.4, 0.5) is 15.8 Å². The van der Waals surface area contributed by atoms with Crippen molar-refractivity contribution in [3.05, 3.63) is 47.8 Å². The molecular weight excluding hydrogens is 353 g/mol. The smallest absolute Gasteiger partial charge is 0.251 e. The van der Waals surface area contributed by atoms with Gasteiger partial charge in [0.2, 0.25) is 5.91 Å². The zero-order chi connectivity index (χ0) is 19.8. The summed E-state index contributed by atoms with van der Waals surface area (Å²) in [5, 5.41) is 5.52. The van der Waals surface area contributed by atoms with Crippen molar-refractivity contribution < 1.29 is 23.5 Å². The molecule has 0 aliphatic carbocycles. The summed E-state index contributed by atoms with van der Waals surface area (Å²) in [6.07, 6.45) is 0. The van der Waals surface area contributed by atoms with Crippen molar-refractivity contribution in [3.63, 3.8) is 0 Å². The van der Waals surface area contributed by atoms with E-state index in [1.54, 1.807) is 18.2 Å². The van der Waals surface area contributed by atoms with Gasteiger partial charge in [-0.15, -0.1) is 0 Å². The minimum atomic E-state index is -0.852. The number of amides is 2. The third kappa shape index (κ3) is 5.60. The molecule has 0 unspecified atom stereocenters. The predicted octanol–water partition coefficient (Wildman–Crippen LogP) is 2.77. The highest BCUT2D eigenvalue weighted by molar-refractivity contribution is 5.96. The van der Waals surface area contributed by atoms with E-state index in [4.69, 9.17) is 15.2 Å². The number of hydrogen-bond donors (Lipinski definition) is 3. The van der Waals surface area contributed by atoms with Crippen LogP contribution in [0.1, 0.15) is 24.2 Å². The van der Waals surface area contributed by atoms with Gasteiger partial charge >= 0.3 is 0 Å². The molecule has 27 heavy (non-hydrogen) atoms. The van der Waals surface area contributed by atoms with Gasteiger partial charge in [0.15, 0.2) is 0 Å². The molecule has 2 aromatic rings. The molecule has 0 radical (unpaired) electrons. The number of carbonyl (C=O) groups excluding carboxylic acids is 2. The van der Waals surface area contributed by atoms with Crippen molar-refractivity contribution >= 4 is 23.2 Å².